The van der Waals surface area contributed by atoms with Crippen molar-refractivity contribution in [2.75, 3.05) is 0 Å². The first-order valence-electron chi connectivity index (χ1n) is 0. The summed E-state index contributed by atoms with van der Waals surface area (Å²) in [6.07, 6.45) is 0. The molecular formula is C8H24O3Re2-14. The number of hydrogen-bond donors (Lipinski definition) is 0. The van der Waals surface area contributed by atoms with E-state index in [1.54, 1.807) is 0 Å². The van der Waals surface area contributed by atoms with Gasteiger partial charge in [0.15, 0.2) is 0 Å². The van der Waals surface area contributed by atoms with Gasteiger partial charge in [0.1, 0.15) is 0 Å². The Morgan fingerprint density at radius 1 is 0.231 bits per heavy atom. The van der Waals surface area contributed by atoms with Crippen molar-refractivity contribution in [3.63, 3.8) is 0 Å². The minimum atomic E-state index is 0. The van der Waals surface area contributed by atoms with E-state index in [9.17, 15) is 0 Å². The minimum absolute atomic E-state index is 0. The molecule has 0 aromatic carbocycles. The van der Waals surface area contributed by atoms with E-state index < -0.39 is 0 Å². The Bertz CT molecular complexity index is 17.4. The van der Waals surface area contributed by atoms with Crippen LogP contribution in [0.2, 0.25) is 0 Å². The largest absolute Gasteiger partial charge is 2.00 e. The Labute approximate surface area is 116 Å². The van der Waals surface area contributed by atoms with Crippen LogP contribution in [-0.4, -0.2) is 0 Å². The summed E-state index contributed by atoms with van der Waals surface area (Å²) in [4.78, 5) is 0. The van der Waals surface area contributed by atoms with Gasteiger partial charge in [0.25, 0.3) is 0 Å². The van der Waals surface area contributed by atoms with Crippen molar-refractivity contribution >= 4 is 0 Å². The predicted octanol–water partition coefficient (Wildman–Crippen LogP) is 3.24. The zero-order valence-electron chi connectivity index (χ0n) is 9.98. The fourth-order valence-corrected chi connectivity index (χ4v) is 0. The van der Waals surface area contributed by atoms with Crippen LogP contribution in [0.5, 0.6) is 0 Å². The van der Waals surface area contributed by atoms with E-state index in [4.69, 9.17) is 0 Å². The maximum absolute atomic E-state index is 0. The van der Waals surface area contributed by atoms with Crippen molar-refractivity contribution in [2.45, 2.75) is 0 Å². The van der Waals surface area contributed by atoms with Crippen LogP contribution < -0.4 is 0 Å². The van der Waals surface area contributed by atoms with Gasteiger partial charge in [-0.1, -0.05) is 0 Å². The number of hydrogen-bond acceptors (Lipinski definition) is 0. The normalized spacial score (nSPS) is 0. The minimum Gasteiger partial charge on any atom is -2.00 e. The molecule has 13 heavy (non-hydrogen) atoms. The van der Waals surface area contributed by atoms with E-state index in [1.807, 2.05) is 0 Å². The first kappa shape index (κ1) is 1710. The van der Waals surface area contributed by atoms with E-state index in [0.29, 0.717) is 0 Å². The van der Waals surface area contributed by atoms with E-state index >= 15 is 0 Å². The Hall–Kier alpha value is 1.20. The molecule has 0 N–H and O–H groups in total. The molecule has 0 aliphatic heterocycles. The van der Waals surface area contributed by atoms with Crippen molar-refractivity contribution in [2.24, 2.45) is 0 Å². The first-order chi connectivity index (χ1) is 0. The molecule has 3 nitrogen and oxygen atoms in total. The molecule has 0 rings (SSSR count). The van der Waals surface area contributed by atoms with E-state index in [0.717, 1.165) is 0 Å². The smallest absolute Gasteiger partial charge is 0 e. The maximum atomic E-state index is 0. The molecular weight excluding hydrogens is 516 g/mol. The molecule has 0 aliphatic carbocycles. The first-order valence-corrected chi connectivity index (χ1v) is 0. The second-order valence-corrected chi connectivity index (χ2v) is 0. The molecule has 0 heterocycles. The second kappa shape index (κ2) is 1360. The standard InChI is InChI=1S/8CH3.3O.2Re/h8*1H3;;;;;/q8*-1;3*-2;;. The second-order valence-electron chi connectivity index (χ2n) is 0. The van der Waals surface area contributed by atoms with Crippen LogP contribution >= 0.6 is 0 Å². The quantitative estimate of drug-likeness (QED) is 0.423. The third-order valence-corrected chi connectivity index (χ3v) is 0. The van der Waals surface area contributed by atoms with E-state index in [1.165, 1.54) is 0 Å². The monoisotopic (exact) mass is 542 g/mol. The van der Waals surface area contributed by atoms with Crippen LogP contribution in [0, 0.1) is 59.4 Å². The average Bonchev–Trinajstić information content (AvgIpc) is 0. The summed E-state index contributed by atoms with van der Waals surface area (Å²) in [7, 11) is 0. The Balaban J connectivity index is 0. The fraction of sp³-hybridized carbons (Fsp3) is 0. The molecule has 0 amide bonds. The van der Waals surface area contributed by atoms with Crippen LogP contribution in [0.15, 0.2) is 0 Å². The van der Waals surface area contributed by atoms with Gasteiger partial charge in [-0.25, -0.2) is 0 Å². The Kier molecular flexibility index (Phi) is 178000. The summed E-state index contributed by atoms with van der Waals surface area (Å²) in [6, 6.07) is 0. The topological polar surface area (TPSA) is 85.5 Å². The van der Waals surface area contributed by atoms with Gasteiger partial charge in [-0.05, 0) is 0 Å². The SMILES string of the molecule is [CH3-].[CH3-].[CH3-].[CH3-].[CH3-].[CH3-].[CH3-].[CH3-].[O-2].[O-2].[O-2].[Re].[Re]. The van der Waals surface area contributed by atoms with Crippen LogP contribution in [-0.2, 0) is 57.3 Å². The van der Waals surface area contributed by atoms with Gasteiger partial charge < -0.3 is 75.8 Å². The van der Waals surface area contributed by atoms with Crippen LogP contribution in [0.3, 0.4) is 0 Å². The zero-order valence-corrected chi connectivity index (χ0v) is 15.4. The van der Waals surface area contributed by atoms with Crippen LogP contribution in [0.1, 0.15) is 0 Å². The van der Waals surface area contributed by atoms with Crippen molar-refractivity contribution in [1.29, 1.82) is 0 Å². The zero-order chi connectivity index (χ0) is 0. The molecule has 2 radical (unpaired) electrons. The summed E-state index contributed by atoms with van der Waals surface area (Å²) in [5, 5.41) is 0. The average molecular weight is 541 g/mol. The molecule has 0 aromatic rings. The molecule has 0 saturated heterocycles. The summed E-state index contributed by atoms with van der Waals surface area (Å²) in [5.74, 6) is 0. The van der Waals surface area contributed by atoms with Crippen molar-refractivity contribution < 1.29 is 57.3 Å². The predicted molar refractivity (Wildman–Crippen MR) is 53.4 cm³/mol. The van der Waals surface area contributed by atoms with E-state index in [-0.39, 0.29) is 117 Å². The van der Waals surface area contributed by atoms with Gasteiger partial charge in [-0.2, -0.15) is 0 Å². The molecule has 0 atom stereocenters. The maximum Gasteiger partial charge on any atom is 0 e. The molecule has 102 valence electrons. The van der Waals surface area contributed by atoms with Crippen molar-refractivity contribution in [3.8, 4) is 0 Å². The van der Waals surface area contributed by atoms with Crippen LogP contribution in [0.4, 0.5) is 0 Å². The van der Waals surface area contributed by atoms with E-state index in [2.05, 4.69) is 0 Å². The Morgan fingerprint density at radius 3 is 0.231 bits per heavy atom. The summed E-state index contributed by atoms with van der Waals surface area (Å²) >= 11 is 0. The van der Waals surface area contributed by atoms with Gasteiger partial charge in [0.2, 0.25) is 0 Å². The molecule has 0 saturated carbocycles. The van der Waals surface area contributed by atoms with Crippen molar-refractivity contribution in [3.05, 3.63) is 59.4 Å². The molecule has 0 aromatic heterocycles. The van der Waals surface area contributed by atoms with Crippen LogP contribution in [0.25, 0.3) is 0 Å². The molecule has 0 bridgehead atoms. The molecule has 0 spiro atoms. The number of rotatable bonds is 0. The molecule has 5 heteroatoms. The fourth-order valence-electron chi connectivity index (χ4n) is 0. The van der Waals surface area contributed by atoms with Gasteiger partial charge in [-0.15, -0.1) is 0 Å². The van der Waals surface area contributed by atoms with Gasteiger partial charge in [-0.3, -0.25) is 0 Å². The third kappa shape index (κ3) is 1140. The Morgan fingerprint density at radius 2 is 0.231 bits per heavy atom. The van der Waals surface area contributed by atoms with Crippen molar-refractivity contribution in [1.82, 2.24) is 0 Å². The van der Waals surface area contributed by atoms with Gasteiger partial charge >= 0.3 is 0 Å². The summed E-state index contributed by atoms with van der Waals surface area (Å²) in [5.41, 5.74) is 0. The molecule has 0 aliphatic rings. The van der Waals surface area contributed by atoms with Gasteiger partial charge in [0.05, 0.1) is 0 Å². The van der Waals surface area contributed by atoms with Gasteiger partial charge in [0, 0.05) is 40.8 Å². The summed E-state index contributed by atoms with van der Waals surface area (Å²) in [6.45, 7) is 0. The third-order valence-electron chi connectivity index (χ3n) is 0. The summed E-state index contributed by atoms with van der Waals surface area (Å²) < 4.78 is 0. The molecule has 0 fully saturated rings. The molecule has 0 unspecified atom stereocenters.